The normalized spacial score (nSPS) is 18.0. The van der Waals surface area contributed by atoms with Crippen molar-refractivity contribution in [3.8, 4) is 0 Å². The Morgan fingerprint density at radius 2 is 1.62 bits per heavy atom. The van der Waals surface area contributed by atoms with E-state index in [1.807, 2.05) is 0 Å². The summed E-state index contributed by atoms with van der Waals surface area (Å²) in [6.07, 6.45) is 14.3. The maximum absolute atomic E-state index is 5.98. The third-order valence-electron chi connectivity index (χ3n) is 4.25. The van der Waals surface area contributed by atoms with Gasteiger partial charge in [-0.15, -0.1) is 0 Å². The standard InChI is InChI=1S/C17H36N4/c1-21(2)15-11-7-3-6-10-14-19-17(18)20-16-12-8-4-5-9-13-16/h16H,3-15H2,1-2H3,(H3,18,19,20). The van der Waals surface area contributed by atoms with Gasteiger partial charge in [0.25, 0.3) is 0 Å². The van der Waals surface area contributed by atoms with Crippen LogP contribution in [0.2, 0.25) is 0 Å². The van der Waals surface area contributed by atoms with Crippen LogP contribution >= 0.6 is 0 Å². The molecular weight excluding hydrogens is 260 g/mol. The van der Waals surface area contributed by atoms with Crippen molar-refractivity contribution in [2.45, 2.75) is 76.7 Å². The molecule has 0 bridgehead atoms. The van der Waals surface area contributed by atoms with E-state index in [0.717, 1.165) is 13.0 Å². The number of hydrogen-bond donors (Lipinski definition) is 2. The third kappa shape index (κ3) is 10.6. The molecule has 1 aliphatic carbocycles. The number of nitrogens with zero attached hydrogens (tertiary/aromatic N) is 2. The lowest BCUT2D eigenvalue weighted by Gasteiger charge is -2.16. The molecule has 0 heterocycles. The van der Waals surface area contributed by atoms with Gasteiger partial charge < -0.3 is 16.0 Å². The topological polar surface area (TPSA) is 53.6 Å². The average Bonchev–Trinajstić information content (AvgIpc) is 2.70. The van der Waals surface area contributed by atoms with Gasteiger partial charge in [-0.1, -0.05) is 44.9 Å². The Morgan fingerprint density at radius 3 is 2.29 bits per heavy atom. The first kappa shape index (κ1) is 18.3. The zero-order chi connectivity index (χ0) is 15.3. The molecule has 0 spiro atoms. The van der Waals surface area contributed by atoms with E-state index in [1.54, 1.807) is 0 Å². The van der Waals surface area contributed by atoms with Crippen LogP contribution in [0.3, 0.4) is 0 Å². The first-order valence-corrected chi connectivity index (χ1v) is 8.89. The van der Waals surface area contributed by atoms with Gasteiger partial charge in [0.15, 0.2) is 5.96 Å². The molecule has 124 valence electrons. The Hall–Kier alpha value is -0.770. The molecule has 3 N–H and O–H groups in total. The van der Waals surface area contributed by atoms with Gasteiger partial charge in [0.1, 0.15) is 0 Å². The van der Waals surface area contributed by atoms with E-state index in [4.69, 9.17) is 5.73 Å². The summed E-state index contributed by atoms with van der Waals surface area (Å²) in [5.41, 5.74) is 5.98. The minimum atomic E-state index is 0.558. The van der Waals surface area contributed by atoms with E-state index in [-0.39, 0.29) is 0 Å². The highest BCUT2D eigenvalue weighted by Crippen LogP contribution is 2.16. The van der Waals surface area contributed by atoms with Crippen LogP contribution in [0.1, 0.15) is 70.6 Å². The lowest BCUT2D eigenvalue weighted by molar-refractivity contribution is 0.390. The number of guanidine groups is 1. The number of aliphatic imine (C=N–C) groups is 1. The molecule has 0 aromatic carbocycles. The van der Waals surface area contributed by atoms with Gasteiger partial charge in [-0.2, -0.15) is 0 Å². The zero-order valence-corrected chi connectivity index (χ0v) is 14.2. The van der Waals surface area contributed by atoms with Crippen LogP contribution in [0.25, 0.3) is 0 Å². The minimum absolute atomic E-state index is 0.558. The SMILES string of the molecule is CN(C)CCCCCCCN=C(N)NC1CCCCCC1. The summed E-state index contributed by atoms with van der Waals surface area (Å²) >= 11 is 0. The third-order valence-corrected chi connectivity index (χ3v) is 4.25. The van der Waals surface area contributed by atoms with Crippen LogP contribution in [0.4, 0.5) is 0 Å². The molecule has 1 saturated carbocycles. The van der Waals surface area contributed by atoms with E-state index < -0.39 is 0 Å². The monoisotopic (exact) mass is 296 g/mol. The van der Waals surface area contributed by atoms with Crippen molar-refractivity contribution < 1.29 is 0 Å². The van der Waals surface area contributed by atoms with Gasteiger partial charge in [0.05, 0.1) is 0 Å². The average molecular weight is 297 g/mol. The van der Waals surface area contributed by atoms with Gasteiger partial charge in [-0.3, -0.25) is 4.99 Å². The van der Waals surface area contributed by atoms with Crippen molar-refractivity contribution in [2.24, 2.45) is 10.7 Å². The predicted molar refractivity (Wildman–Crippen MR) is 92.8 cm³/mol. The van der Waals surface area contributed by atoms with Crippen molar-refractivity contribution in [1.29, 1.82) is 0 Å². The van der Waals surface area contributed by atoms with Crippen molar-refractivity contribution in [2.75, 3.05) is 27.2 Å². The highest BCUT2D eigenvalue weighted by Gasteiger charge is 2.11. The maximum Gasteiger partial charge on any atom is 0.188 e. The molecule has 0 radical (unpaired) electrons. The van der Waals surface area contributed by atoms with Gasteiger partial charge >= 0.3 is 0 Å². The van der Waals surface area contributed by atoms with Crippen LogP contribution in [0.15, 0.2) is 4.99 Å². The zero-order valence-electron chi connectivity index (χ0n) is 14.2. The summed E-state index contributed by atoms with van der Waals surface area (Å²) in [6.45, 7) is 2.08. The summed E-state index contributed by atoms with van der Waals surface area (Å²) in [6, 6.07) is 0.558. The molecule has 0 atom stereocenters. The molecule has 0 aliphatic heterocycles. The lowest BCUT2D eigenvalue weighted by Crippen LogP contribution is -2.39. The Bertz CT molecular complexity index is 268. The number of rotatable bonds is 9. The number of hydrogen-bond acceptors (Lipinski definition) is 2. The number of nitrogens with one attached hydrogen (secondary N) is 1. The van der Waals surface area contributed by atoms with E-state index >= 15 is 0 Å². The molecular formula is C17H36N4. The molecule has 0 aromatic rings. The van der Waals surface area contributed by atoms with E-state index in [1.165, 1.54) is 70.8 Å². The minimum Gasteiger partial charge on any atom is -0.370 e. The van der Waals surface area contributed by atoms with Crippen molar-refractivity contribution in [3.63, 3.8) is 0 Å². The second-order valence-electron chi connectivity index (χ2n) is 6.67. The van der Waals surface area contributed by atoms with Crippen molar-refractivity contribution in [3.05, 3.63) is 0 Å². The fraction of sp³-hybridized carbons (Fsp3) is 0.941. The second-order valence-corrected chi connectivity index (χ2v) is 6.67. The van der Waals surface area contributed by atoms with Gasteiger partial charge in [-0.25, -0.2) is 0 Å². The summed E-state index contributed by atoms with van der Waals surface area (Å²) in [7, 11) is 4.28. The van der Waals surface area contributed by atoms with Gasteiger partial charge in [0.2, 0.25) is 0 Å². The Labute approximate surface area is 131 Å². The Morgan fingerprint density at radius 1 is 1.00 bits per heavy atom. The second kappa shape index (κ2) is 11.8. The molecule has 1 rings (SSSR count). The summed E-state index contributed by atoms with van der Waals surface area (Å²) in [4.78, 5) is 6.72. The Balaban J connectivity index is 1.99. The fourth-order valence-corrected chi connectivity index (χ4v) is 2.95. The molecule has 0 unspecified atom stereocenters. The number of nitrogens with two attached hydrogens (primary N) is 1. The molecule has 1 aliphatic rings. The first-order valence-electron chi connectivity index (χ1n) is 8.89. The van der Waals surface area contributed by atoms with Crippen molar-refractivity contribution >= 4 is 5.96 Å². The van der Waals surface area contributed by atoms with E-state index in [9.17, 15) is 0 Å². The fourth-order valence-electron chi connectivity index (χ4n) is 2.95. The van der Waals surface area contributed by atoms with Crippen LogP contribution < -0.4 is 11.1 Å². The number of unbranched alkanes of at least 4 members (excludes halogenated alkanes) is 4. The van der Waals surface area contributed by atoms with Gasteiger partial charge in [-0.05, 0) is 46.3 Å². The van der Waals surface area contributed by atoms with Gasteiger partial charge in [0, 0.05) is 12.6 Å². The van der Waals surface area contributed by atoms with Crippen LogP contribution in [0.5, 0.6) is 0 Å². The molecule has 4 heteroatoms. The predicted octanol–water partition coefficient (Wildman–Crippen LogP) is 3.13. The lowest BCUT2D eigenvalue weighted by atomic mass is 10.1. The van der Waals surface area contributed by atoms with Crippen molar-refractivity contribution in [1.82, 2.24) is 10.2 Å². The van der Waals surface area contributed by atoms with Crippen LogP contribution in [-0.2, 0) is 0 Å². The quantitative estimate of drug-likeness (QED) is 0.297. The van der Waals surface area contributed by atoms with Crippen LogP contribution in [-0.4, -0.2) is 44.1 Å². The molecule has 0 aromatic heterocycles. The molecule has 0 amide bonds. The molecule has 0 saturated heterocycles. The maximum atomic E-state index is 5.98. The summed E-state index contributed by atoms with van der Waals surface area (Å²) in [5, 5.41) is 3.40. The molecule has 4 nitrogen and oxygen atoms in total. The Kier molecular flexibility index (Phi) is 10.3. The molecule has 1 fully saturated rings. The largest absolute Gasteiger partial charge is 0.370 e. The summed E-state index contributed by atoms with van der Waals surface area (Å²) < 4.78 is 0. The molecule has 21 heavy (non-hydrogen) atoms. The summed E-state index contributed by atoms with van der Waals surface area (Å²) in [5.74, 6) is 0.662. The smallest absolute Gasteiger partial charge is 0.188 e. The highest BCUT2D eigenvalue weighted by molar-refractivity contribution is 5.78. The first-order chi connectivity index (χ1) is 10.2. The van der Waals surface area contributed by atoms with Crippen LogP contribution in [0, 0.1) is 0 Å². The van der Waals surface area contributed by atoms with E-state index in [0.29, 0.717) is 12.0 Å². The van der Waals surface area contributed by atoms with E-state index in [2.05, 4.69) is 29.3 Å². The highest BCUT2D eigenvalue weighted by atomic mass is 15.1.